The number of hydrogen-bond donors (Lipinski definition) is 0. The third-order valence-electron chi connectivity index (χ3n) is 14.6. The normalized spacial score (nSPS) is 13.8. The van der Waals surface area contributed by atoms with Gasteiger partial charge in [0.05, 0.1) is 27.7 Å². The number of phosphoric acid groups is 1. The first-order chi connectivity index (χ1) is 40.0. The van der Waals surface area contributed by atoms with Crippen LogP contribution in [-0.4, -0.2) is 70.0 Å². The van der Waals surface area contributed by atoms with Gasteiger partial charge in [-0.3, -0.25) is 14.2 Å². The van der Waals surface area contributed by atoms with Gasteiger partial charge in [-0.1, -0.05) is 284 Å². The maximum Gasteiger partial charge on any atom is 0.306 e. The molecule has 0 aliphatic carbocycles. The summed E-state index contributed by atoms with van der Waals surface area (Å²) in [6.45, 7) is 4.11. The highest BCUT2D eigenvalue weighted by molar-refractivity contribution is 7.45. The van der Waals surface area contributed by atoms with Crippen molar-refractivity contribution < 1.29 is 42.1 Å². The molecule has 0 aromatic heterocycles. The Morgan fingerprint density at radius 2 is 0.695 bits per heavy atom. The van der Waals surface area contributed by atoms with E-state index in [9.17, 15) is 19.0 Å². The molecular formula is C72H128NO8P. The van der Waals surface area contributed by atoms with Crippen LogP contribution in [0.1, 0.15) is 296 Å². The van der Waals surface area contributed by atoms with Gasteiger partial charge in [0.25, 0.3) is 7.82 Å². The molecule has 0 amide bonds. The Labute approximate surface area is 506 Å². The molecule has 2 unspecified atom stereocenters. The molecule has 0 aliphatic heterocycles. The topological polar surface area (TPSA) is 111 Å². The van der Waals surface area contributed by atoms with Gasteiger partial charge in [0.15, 0.2) is 6.10 Å². The van der Waals surface area contributed by atoms with Crippen molar-refractivity contribution in [1.29, 1.82) is 0 Å². The fourth-order valence-electron chi connectivity index (χ4n) is 9.40. The Kier molecular flexibility index (Phi) is 60.1. The predicted molar refractivity (Wildman–Crippen MR) is 351 cm³/mol. The lowest BCUT2D eigenvalue weighted by Crippen LogP contribution is -2.37. The van der Waals surface area contributed by atoms with E-state index in [4.69, 9.17) is 18.5 Å². The second kappa shape index (κ2) is 62.5. The molecule has 0 rings (SSSR count). The number of unbranched alkanes of at least 4 members (excludes halogenated alkanes) is 32. The number of quaternary nitrogens is 1. The summed E-state index contributed by atoms with van der Waals surface area (Å²) in [5.41, 5.74) is 0. The van der Waals surface area contributed by atoms with E-state index in [0.717, 1.165) is 83.5 Å². The number of phosphoric ester groups is 1. The van der Waals surface area contributed by atoms with E-state index < -0.39 is 32.5 Å². The summed E-state index contributed by atoms with van der Waals surface area (Å²) < 4.78 is 34.2. The second-order valence-corrected chi connectivity index (χ2v) is 25.2. The Bertz CT molecular complexity index is 1710. The molecule has 0 aliphatic rings. The van der Waals surface area contributed by atoms with Crippen molar-refractivity contribution in [2.45, 2.75) is 302 Å². The van der Waals surface area contributed by atoms with Crippen molar-refractivity contribution in [3.8, 4) is 0 Å². The van der Waals surface area contributed by atoms with Gasteiger partial charge < -0.3 is 27.9 Å². The molecule has 0 aromatic rings. The Morgan fingerprint density at radius 1 is 0.390 bits per heavy atom. The highest BCUT2D eigenvalue weighted by Crippen LogP contribution is 2.38. The summed E-state index contributed by atoms with van der Waals surface area (Å²) in [5.74, 6) is -0.867. The van der Waals surface area contributed by atoms with Crippen LogP contribution in [0.4, 0.5) is 0 Å². The van der Waals surface area contributed by atoms with Crippen LogP contribution in [0, 0.1) is 0 Å². The summed E-state index contributed by atoms with van der Waals surface area (Å²) >= 11 is 0. The molecule has 0 N–H and O–H groups in total. The van der Waals surface area contributed by atoms with Gasteiger partial charge in [0.1, 0.15) is 19.8 Å². The number of carbonyl (C=O) groups excluding carboxylic acids is 2. The summed E-state index contributed by atoms with van der Waals surface area (Å²) in [6, 6.07) is 0. The average molecular weight is 1170 g/mol. The van der Waals surface area contributed by atoms with E-state index in [0.29, 0.717) is 17.4 Å². The number of carbonyl (C=O) groups is 2. The van der Waals surface area contributed by atoms with E-state index in [-0.39, 0.29) is 26.1 Å². The third-order valence-corrected chi connectivity index (χ3v) is 15.6. The molecule has 10 heteroatoms. The smallest absolute Gasteiger partial charge is 0.306 e. The van der Waals surface area contributed by atoms with E-state index >= 15 is 0 Å². The van der Waals surface area contributed by atoms with Crippen LogP contribution in [0.3, 0.4) is 0 Å². The van der Waals surface area contributed by atoms with Crippen LogP contribution in [0.25, 0.3) is 0 Å². The van der Waals surface area contributed by atoms with Crippen LogP contribution in [0.15, 0.2) is 97.2 Å². The predicted octanol–water partition coefficient (Wildman–Crippen LogP) is 21.3. The number of likely N-dealkylation sites (N-methyl/N-ethyl adjacent to an activating group) is 1. The molecule has 0 spiro atoms. The van der Waals surface area contributed by atoms with Gasteiger partial charge >= 0.3 is 11.9 Å². The quantitative estimate of drug-likeness (QED) is 0.0195. The number of esters is 2. The Balaban J connectivity index is 4.09. The molecule has 0 bridgehead atoms. The number of rotatable bonds is 62. The standard InChI is InChI=1S/C72H128NO8P/c1-6-8-10-12-14-16-18-20-22-24-26-28-30-32-33-34-35-36-37-38-39-41-42-44-46-48-50-52-54-56-58-60-62-64-71(74)78-68-70(69-80-82(76,77)79-67-66-73(3,4)5)81-72(75)65-63-61-59-57-55-53-51-49-47-45-43-40-31-29-27-25-23-21-19-17-15-13-11-9-7-2/h9,11,15,17,21,23-24,26-27,29,40,43,47,49,53,55,70H,6-8,10,12-14,16,18-20,22,25,28,30-39,41-42,44-46,48,50-52,54,56-69H2,1-5H3/b11-9-,17-15-,23-21-,26-24-,29-27-,43-40-,49-47-,55-53-. The number of ether oxygens (including phenoxy) is 2. The number of nitrogens with zero attached hydrogens (tertiary/aromatic N) is 1. The molecule has 82 heavy (non-hydrogen) atoms. The SMILES string of the molecule is CC/C=C\C/C=C\C/C=C\C/C=C\C/C=C\C/C=C\C/C=C\CCCCCC(=O)OC(COC(=O)CCCCCCCCCCCCCCCCCCCCCCC/C=C\CCCCCCCCCC)COP(=O)([O-])OCC[N+](C)(C)C. The van der Waals surface area contributed by atoms with E-state index in [1.54, 1.807) is 0 Å². The molecule has 9 nitrogen and oxygen atoms in total. The zero-order valence-corrected chi connectivity index (χ0v) is 54.8. The summed E-state index contributed by atoms with van der Waals surface area (Å²) in [6.07, 6.45) is 86.4. The molecule has 0 saturated heterocycles. The maximum atomic E-state index is 12.8. The molecule has 0 aromatic carbocycles. The maximum absolute atomic E-state index is 12.8. The summed E-state index contributed by atoms with van der Waals surface area (Å²) in [7, 11) is 1.14. The van der Waals surface area contributed by atoms with Crippen molar-refractivity contribution >= 4 is 19.8 Å². The minimum absolute atomic E-state index is 0.0414. The van der Waals surface area contributed by atoms with E-state index in [1.165, 1.54) is 180 Å². The monoisotopic (exact) mass is 1170 g/mol. The van der Waals surface area contributed by atoms with Crippen LogP contribution < -0.4 is 4.89 Å². The summed E-state index contributed by atoms with van der Waals surface area (Å²) in [4.78, 5) is 38.0. The Morgan fingerprint density at radius 3 is 1.06 bits per heavy atom. The first-order valence-corrected chi connectivity index (χ1v) is 35.4. The van der Waals surface area contributed by atoms with Crippen molar-refractivity contribution in [2.24, 2.45) is 0 Å². The lowest BCUT2D eigenvalue weighted by molar-refractivity contribution is -0.870. The Hall–Kier alpha value is -3.07. The molecule has 2 atom stereocenters. The minimum Gasteiger partial charge on any atom is -0.756 e. The van der Waals surface area contributed by atoms with Gasteiger partial charge in [0.2, 0.25) is 0 Å². The molecule has 0 fully saturated rings. The first-order valence-electron chi connectivity index (χ1n) is 33.9. The van der Waals surface area contributed by atoms with Gasteiger partial charge in [-0.05, 0) is 96.3 Å². The van der Waals surface area contributed by atoms with Crippen LogP contribution in [-0.2, 0) is 32.7 Å². The van der Waals surface area contributed by atoms with Gasteiger partial charge in [-0.15, -0.1) is 0 Å². The fraction of sp³-hybridized carbons (Fsp3) is 0.750. The molecular weight excluding hydrogens is 1040 g/mol. The zero-order chi connectivity index (χ0) is 59.8. The first kappa shape index (κ1) is 78.9. The van der Waals surface area contributed by atoms with Crippen molar-refractivity contribution in [3.05, 3.63) is 97.2 Å². The zero-order valence-electron chi connectivity index (χ0n) is 53.9. The largest absolute Gasteiger partial charge is 0.756 e. The van der Waals surface area contributed by atoms with Gasteiger partial charge in [-0.25, -0.2) is 0 Å². The van der Waals surface area contributed by atoms with E-state index in [2.05, 4.69) is 111 Å². The van der Waals surface area contributed by atoms with Gasteiger partial charge in [-0.2, -0.15) is 0 Å². The summed E-state index contributed by atoms with van der Waals surface area (Å²) in [5, 5.41) is 0. The van der Waals surface area contributed by atoms with Crippen LogP contribution >= 0.6 is 7.82 Å². The molecule has 0 saturated carbocycles. The van der Waals surface area contributed by atoms with Crippen LogP contribution in [0.5, 0.6) is 0 Å². The molecule has 0 radical (unpaired) electrons. The second-order valence-electron chi connectivity index (χ2n) is 23.8. The van der Waals surface area contributed by atoms with Crippen molar-refractivity contribution in [1.82, 2.24) is 0 Å². The van der Waals surface area contributed by atoms with Crippen molar-refractivity contribution in [3.63, 3.8) is 0 Å². The van der Waals surface area contributed by atoms with Gasteiger partial charge in [0, 0.05) is 12.8 Å². The number of allylic oxidation sites excluding steroid dienone is 16. The highest BCUT2D eigenvalue weighted by Gasteiger charge is 2.22. The van der Waals surface area contributed by atoms with Crippen molar-refractivity contribution in [2.75, 3.05) is 47.5 Å². The highest BCUT2D eigenvalue weighted by atomic mass is 31.2. The average Bonchev–Trinajstić information content (AvgIpc) is 3.46. The third kappa shape index (κ3) is 66.1. The van der Waals surface area contributed by atoms with E-state index in [1.807, 2.05) is 21.1 Å². The lowest BCUT2D eigenvalue weighted by Gasteiger charge is -2.28. The fourth-order valence-corrected chi connectivity index (χ4v) is 10.1. The molecule has 474 valence electrons. The minimum atomic E-state index is -4.66. The number of hydrogen-bond acceptors (Lipinski definition) is 8. The van der Waals surface area contributed by atoms with Crippen LogP contribution in [0.2, 0.25) is 0 Å². The lowest BCUT2D eigenvalue weighted by atomic mass is 10.0. The molecule has 0 heterocycles.